The number of benzene rings is 14. The monoisotopic (exact) mass is 1440 g/mol. The SMILES string of the molecule is CC1(C)OB(c2ccc3ccc4c(B5OC(C)(C)C(C)(C)O5)ccc5ccc2c3c54)OC1(C)C.CCCCc1ccc(/C=C/c2ccc(-c3ccc4ccc5c(-c6ccc(/C=C/c7ccc(CCCC)cc7)cc6)ccc6ccc3c4c65)cc2)cc1.CCCCc1ccc(/C=C/c2ccc(Br)cc2)cc1. The Labute approximate surface area is 632 Å². The highest BCUT2D eigenvalue weighted by Gasteiger charge is 2.53. The smallest absolute Gasteiger partial charge is 0.399 e. The first-order valence-electron chi connectivity index (χ1n) is 38.2. The lowest BCUT2D eigenvalue weighted by Gasteiger charge is -2.32. The van der Waals surface area contributed by atoms with E-state index < -0.39 is 14.2 Å². The average molecular weight is 1440 g/mol. The molecular formula is C98H97B2BrO4. The van der Waals surface area contributed by atoms with E-state index in [1.165, 1.54) is 182 Å². The molecule has 526 valence electrons. The molecule has 0 aliphatic carbocycles. The Bertz CT molecular complexity index is 5100. The standard InChI is InChI=1S/C52H46.C28H32B2O4.C18H19Br/c1-3-5-7-37-9-13-39(14-10-37)17-19-41-21-25-43(26-22-41)47-33-29-45-32-36-50-48(34-30-46-31-35-49(47)51(45)52(46)50)44-27-23-42(24-28-44)20-18-40-15-11-38(12-16-40)8-6-4-2;1-25(2)26(3,4)32-29(31-25)21-15-11-17-10-14-20-22(30-33-27(5,6)28(7,8)34-30)16-12-18-9-13-19(21)23(17)24(18)20;1-2-3-4-15-5-7-16(8-6-15)9-10-17-11-13-18(19)14-12-17/h9-36H,3-8H2,1-2H3;9-16H,1-8H3;5-14H,2-4H2,1H3/b19-17+,20-18+;;10-9+. The van der Waals surface area contributed by atoms with Gasteiger partial charge in [0, 0.05) is 4.47 Å². The maximum atomic E-state index is 6.43. The van der Waals surface area contributed by atoms with E-state index in [2.05, 4.69) is 371 Å². The molecule has 14 aromatic carbocycles. The number of aryl methyl sites for hydroxylation is 3. The molecule has 16 rings (SSSR count). The van der Waals surface area contributed by atoms with Crippen molar-refractivity contribution >= 4 is 142 Å². The summed E-state index contributed by atoms with van der Waals surface area (Å²) >= 11 is 3.45. The van der Waals surface area contributed by atoms with Crippen LogP contribution in [0.1, 0.15) is 165 Å². The van der Waals surface area contributed by atoms with Gasteiger partial charge in [-0.05, 0) is 254 Å². The second-order valence-electron chi connectivity index (χ2n) is 30.9. The van der Waals surface area contributed by atoms with Gasteiger partial charge in [0.2, 0.25) is 0 Å². The lowest BCUT2D eigenvalue weighted by molar-refractivity contribution is 0.00578. The van der Waals surface area contributed by atoms with Gasteiger partial charge in [-0.15, -0.1) is 0 Å². The number of unbranched alkanes of at least 4 members (excludes halogenated alkanes) is 3. The first-order valence-corrected chi connectivity index (χ1v) is 38.9. The molecule has 0 amide bonds. The number of hydrogen-bond donors (Lipinski definition) is 0. The molecule has 2 fully saturated rings. The van der Waals surface area contributed by atoms with E-state index in [4.69, 9.17) is 18.6 Å². The zero-order valence-corrected chi connectivity index (χ0v) is 64.7. The van der Waals surface area contributed by atoms with Crippen molar-refractivity contribution in [1.29, 1.82) is 0 Å². The largest absolute Gasteiger partial charge is 0.495 e. The van der Waals surface area contributed by atoms with Gasteiger partial charge in [-0.1, -0.05) is 323 Å². The van der Waals surface area contributed by atoms with E-state index in [9.17, 15) is 0 Å². The summed E-state index contributed by atoms with van der Waals surface area (Å²) < 4.78 is 26.8. The van der Waals surface area contributed by atoms with E-state index in [-0.39, 0.29) is 22.4 Å². The van der Waals surface area contributed by atoms with Gasteiger partial charge >= 0.3 is 14.2 Å². The van der Waals surface area contributed by atoms with Crippen molar-refractivity contribution in [3.8, 4) is 22.3 Å². The molecule has 0 spiro atoms. The van der Waals surface area contributed by atoms with Crippen LogP contribution < -0.4 is 10.9 Å². The van der Waals surface area contributed by atoms with Gasteiger partial charge in [0.15, 0.2) is 0 Å². The average Bonchev–Trinajstić information content (AvgIpc) is 1.61. The van der Waals surface area contributed by atoms with Crippen LogP contribution in [-0.2, 0) is 37.9 Å². The number of rotatable bonds is 19. The van der Waals surface area contributed by atoms with Crippen molar-refractivity contribution in [2.45, 2.75) is 156 Å². The molecular weight excluding hydrogens is 1340 g/mol. The highest BCUT2D eigenvalue weighted by atomic mass is 79.9. The van der Waals surface area contributed by atoms with E-state index in [1.807, 2.05) is 0 Å². The predicted octanol–water partition coefficient (Wildman–Crippen LogP) is 26.1. The van der Waals surface area contributed by atoms with Crippen LogP contribution in [-0.4, -0.2) is 36.6 Å². The van der Waals surface area contributed by atoms with Crippen LogP contribution in [0.15, 0.2) is 247 Å². The maximum absolute atomic E-state index is 6.43. The normalized spacial score (nSPS) is 15.4. The lowest BCUT2D eigenvalue weighted by atomic mass is 9.72. The third-order valence-corrected chi connectivity index (χ3v) is 23.1. The van der Waals surface area contributed by atoms with Crippen LogP contribution in [0.25, 0.3) is 123 Å². The fourth-order valence-electron chi connectivity index (χ4n) is 14.7. The molecule has 0 bridgehead atoms. The van der Waals surface area contributed by atoms with E-state index >= 15 is 0 Å². The van der Waals surface area contributed by atoms with Gasteiger partial charge in [-0.3, -0.25) is 0 Å². The molecule has 0 atom stereocenters. The van der Waals surface area contributed by atoms with Crippen molar-refractivity contribution in [2.24, 2.45) is 0 Å². The van der Waals surface area contributed by atoms with E-state index in [0.29, 0.717) is 0 Å². The summed E-state index contributed by atoms with van der Waals surface area (Å²) in [7, 11) is -0.811. The maximum Gasteiger partial charge on any atom is 0.495 e. The number of hydrogen-bond acceptors (Lipinski definition) is 4. The van der Waals surface area contributed by atoms with Gasteiger partial charge in [-0.25, -0.2) is 0 Å². The Hall–Kier alpha value is -9.17. The molecule has 0 N–H and O–H groups in total. The van der Waals surface area contributed by atoms with Gasteiger partial charge < -0.3 is 18.6 Å². The number of halogens is 1. The van der Waals surface area contributed by atoms with Crippen LogP contribution in [0.4, 0.5) is 0 Å². The Kier molecular flexibility index (Phi) is 21.6. The molecule has 0 saturated carbocycles. The van der Waals surface area contributed by atoms with Crippen molar-refractivity contribution < 1.29 is 18.6 Å². The molecule has 7 heteroatoms. The Morgan fingerprint density at radius 3 is 0.800 bits per heavy atom. The summed E-state index contributed by atoms with van der Waals surface area (Å²) in [6.07, 6.45) is 24.2. The van der Waals surface area contributed by atoms with Gasteiger partial charge in [0.05, 0.1) is 22.4 Å². The summed E-state index contributed by atoms with van der Waals surface area (Å²) in [4.78, 5) is 0. The van der Waals surface area contributed by atoms with Crippen molar-refractivity contribution in [2.75, 3.05) is 0 Å². The molecule has 2 aliphatic heterocycles. The molecule has 14 aromatic rings. The molecule has 2 aliphatic rings. The Balaban J connectivity index is 0.000000149. The second kappa shape index (κ2) is 31.1. The molecule has 0 unspecified atom stereocenters. The molecule has 2 heterocycles. The van der Waals surface area contributed by atoms with Crippen molar-refractivity contribution in [3.05, 3.63) is 297 Å². The Morgan fingerprint density at radius 1 is 0.276 bits per heavy atom. The predicted molar refractivity (Wildman–Crippen MR) is 459 cm³/mol. The second-order valence-corrected chi connectivity index (χ2v) is 31.8. The zero-order chi connectivity index (χ0) is 73.0. The molecule has 4 nitrogen and oxygen atoms in total. The summed E-state index contributed by atoms with van der Waals surface area (Å²) in [6.45, 7) is 23.5. The minimum atomic E-state index is -0.405. The third-order valence-electron chi connectivity index (χ3n) is 22.5. The molecule has 2 saturated heterocycles. The van der Waals surface area contributed by atoms with E-state index in [0.717, 1.165) is 28.2 Å². The first-order chi connectivity index (χ1) is 50.8. The van der Waals surface area contributed by atoms with Crippen molar-refractivity contribution in [3.63, 3.8) is 0 Å². The molecule has 0 radical (unpaired) electrons. The zero-order valence-electron chi connectivity index (χ0n) is 63.1. The van der Waals surface area contributed by atoms with Crippen LogP contribution in [0, 0.1) is 0 Å². The van der Waals surface area contributed by atoms with Crippen LogP contribution in [0.3, 0.4) is 0 Å². The topological polar surface area (TPSA) is 36.9 Å². The fraction of sp³-hybridized carbons (Fsp3) is 0.245. The van der Waals surface area contributed by atoms with Gasteiger partial charge in [0.1, 0.15) is 0 Å². The third kappa shape index (κ3) is 15.7. The van der Waals surface area contributed by atoms with Gasteiger partial charge in [0.25, 0.3) is 0 Å². The molecule has 0 aromatic heterocycles. The summed E-state index contributed by atoms with van der Waals surface area (Å²) in [5, 5.41) is 15.1. The minimum absolute atomic E-state index is 0.383. The highest BCUT2D eigenvalue weighted by Crippen LogP contribution is 2.45. The quantitative estimate of drug-likeness (QED) is 0.0459. The van der Waals surface area contributed by atoms with Crippen molar-refractivity contribution in [1.82, 2.24) is 0 Å². The van der Waals surface area contributed by atoms with Crippen LogP contribution in [0.2, 0.25) is 0 Å². The minimum Gasteiger partial charge on any atom is -0.399 e. The highest BCUT2D eigenvalue weighted by molar-refractivity contribution is 9.10. The van der Waals surface area contributed by atoms with Gasteiger partial charge in [-0.2, -0.15) is 0 Å². The van der Waals surface area contributed by atoms with E-state index in [1.54, 1.807) is 0 Å². The fourth-order valence-corrected chi connectivity index (χ4v) is 15.0. The summed E-state index contributed by atoms with van der Waals surface area (Å²) in [6, 6.07) is 89.1. The molecule has 105 heavy (non-hydrogen) atoms. The summed E-state index contributed by atoms with van der Waals surface area (Å²) in [5.74, 6) is 0. The van der Waals surface area contributed by atoms with Crippen LogP contribution in [0.5, 0.6) is 0 Å². The first kappa shape index (κ1) is 72.8. The van der Waals surface area contributed by atoms with Crippen LogP contribution >= 0.6 is 15.9 Å². The Morgan fingerprint density at radius 2 is 0.514 bits per heavy atom. The lowest BCUT2D eigenvalue weighted by Crippen LogP contribution is -2.41. The summed E-state index contributed by atoms with van der Waals surface area (Å²) in [5.41, 5.74) is 17.3.